The quantitative estimate of drug-likeness (QED) is 0.684. The van der Waals surface area contributed by atoms with Crippen molar-refractivity contribution in [1.29, 1.82) is 0 Å². The van der Waals surface area contributed by atoms with Crippen molar-refractivity contribution in [3.63, 3.8) is 0 Å². The second-order valence-electron chi connectivity index (χ2n) is 13.7. The van der Waals surface area contributed by atoms with Gasteiger partial charge in [0.15, 0.2) is 0 Å². The Bertz CT molecular complexity index is 720. The molecule has 0 amide bonds. The van der Waals surface area contributed by atoms with E-state index in [1.54, 1.807) is 0 Å². The lowest BCUT2D eigenvalue weighted by Crippen LogP contribution is -2.59. The molecule has 3 heteroatoms. The number of hydrogen-bond acceptors (Lipinski definition) is 3. The summed E-state index contributed by atoms with van der Waals surface area (Å²) in [6, 6.07) is 1.11. The number of rotatable bonds is 3. The molecule has 30 heavy (non-hydrogen) atoms. The number of hydrogen-bond donors (Lipinski definition) is 2. The number of nitrogens with zero attached hydrogens (tertiary/aromatic N) is 1. The molecule has 5 rings (SSSR count). The predicted molar refractivity (Wildman–Crippen MR) is 124 cm³/mol. The van der Waals surface area contributed by atoms with E-state index < -0.39 is 0 Å². The van der Waals surface area contributed by atoms with Crippen molar-refractivity contribution in [1.82, 2.24) is 10.2 Å². The molecule has 0 aromatic rings. The molecular formula is C27H48N2O. The molecule has 0 bridgehead atoms. The van der Waals surface area contributed by atoms with Crippen LogP contribution >= 0.6 is 0 Å². The van der Waals surface area contributed by atoms with Crippen LogP contribution in [0, 0.1) is 44.8 Å². The van der Waals surface area contributed by atoms with E-state index in [0.29, 0.717) is 34.2 Å². The molecule has 0 aliphatic heterocycles. The molecule has 5 saturated carbocycles. The summed E-state index contributed by atoms with van der Waals surface area (Å²) >= 11 is 0. The summed E-state index contributed by atoms with van der Waals surface area (Å²) in [5.41, 5.74) is 2.14. The summed E-state index contributed by atoms with van der Waals surface area (Å²) in [5, 5.41) is 15.1. The van der Waals surface area contributed by atoms with Gasteiger partial charge in [-0.2, -0.15) is 0 Å². The van der Waals surface area contributed by atoms with Crippen LogP contribution in [-0.2, 0) is 0 Å². The average Bonchev–Trinajstić information content (AvgIpc) is 3.27. The summed E-state index contributed by atoms with van der Waals surface area (Å²) in [6.07, 6.45) is 10.7. The van der Waals surface area contributed by atoms with Gasteiger partial charge in [-0.25, -0.2) is 0 Å². The third kappa shape index (κ3) is 2.24. The standard InChI is InChI=1S/C27H48N2O/c1-17(29(7)8)22-18(30)15-25(5)20-10-9-19-23(2,3)21(28-6)11-12-26(19)16-27(20,26)14-13-24(22,25)4/h17-22,28,30H,9-16H2,1-8H3/t17-,18+,19-,20+,21-,22-,24+,25-,26+,27-/m0/s1. The minimum absolute atomic E-state index is 0.142. The van der Waals surface area contributed by atoms with E-state index in [4.69, 9.17) is 0 Å². The predicted octanol–water partition coefficient (Wildman–Crippen LogP) is 4.93. The zero-order valence-corrected chi connectivity index (χ0v) is 21.0. The molecule has 5 aliphatic rings. The lowest BCUT2D eigenvalue weighted by Gasteiger charge is -2.63. The molecule has 0 aromatic heterocycles. The minimum Gasteiger partial charge on any atom is -0.393 e. The molecule has 5 fully saturated rings. The average molecular weight is 417 g/mol. The van der Waals surface area contributed by atoms with Crippen LogP contribution in [0.25, 0.3) is 0 Å². The van der Waals surface area contributed by atoms with Crippen molar-refractivity contribution in [2.75, 3.05) is 21.1 Å². The summed E-state index contributed by atoms with van der Waals surface area (Å²) in [5.74, 6) is 2.10. The zero-order chi connectivity index (χ0) is 21.9. The van der Waals surface area contributed by atoms with Gasteiger partial charge in [-0.3, -0.25) is 0 Å². The van der Waals surface area contributed by atoms with Crippen molar-refractivity contribution in [3.05, 3.63) is 0 Å². The van der Waals surface area contributed by atoms with Gasteiger partial charge in [-0.1, -0.05) is 27.7 Å². The van der Waals surface area contributed by atoms with E-state index in [9.17, 15) is 5.11 Å². The maximum Gasteiger partial charge on any atom is 0.0594 e. The van der Waals surface area contributed by atoms with Gasteiger partial charge in [0.05, 0.1) is 6.10 Å². The molecule has 0 unspecified atom stereocenters. The Balaban J connectivity index is 1.51. The molecular weight excluding hydrogens is 368 g/mol. The highest BCUT2D eigenvalue weighted by Gasteiger charge is 2.82. The number of fused-ring (bicyclic) bond motifs is 2. The van der Waals surface area contributed by atoms with Crippen LogP contribution in [0.4, 0.5) is 0 Å². The maximum atomic E-state index is 11.4. The fraction of sp³-hybridized carbons (Fsp3) is 1.00. The van der Waals surface area contributed by atoms with Gasteiger partial charge < -0.3 is 15.3 Å². The SMILES string of the molecule is CN[C@H]1CC[C@]23C[C@]24CC[C@]2(C)[C@@H]([C@H](C)N(C)C)[C@H](O)C[C@@]2(C)[C@H]4CC[C@H]3C1(C)C. The highest BCUT2D eigenvalue weighted by Crippen LogP contribution is 2.88. The van der Waals surface area contributed by atoms with Crippen LogP contribution < -0.4 is 5.32 Å². The molecule has 2 N–H and O–H groups in total. The topological polar surface area (TPSA) is 35.5 Å². The first-order valence-corrected chi connectivity index (χ1v) is 12.9. The Labute approximate surface area is 185 Å². The Kier molecular flexibility index (Phi) is 4.53. The maximum absolute atomic E-state index is 11.4. The molecule has 0 saturated heterocycles. The van der Waals surface area contributed by atoms with Crippen molar-refractivity contribution < 1.29 is 5.11 Å². The minimum atomic E-state index is -0.142. The summed E-state index contributed by atoms with van der Waals surface area (Å²) in [4.78, 5) is 2.35. The monoisotopic (exact) mass is 416 g/mol. The lowest BCUT2D eigenvalue weighted by atomic mass is 9.42. The van der Waals surface area contributed by atoms with Crippen molar-refractivity contribution in [2.24, 2.45) is 44.8 Å². The molecule has 10 atom stereocenters. The van der Waals surface area contributed by atoms with Gasteiger partial charge in [0.2, 0.25) is 0 Å². The number of aliphatic hydroxyl groups excluding tert-OH is 1. The van der Waals surface area contributed by atoms with E-state index in [1.165, 1.54) is 44.9 Å². The van der Waals surface area contributed by atoms with E-state index >= 15 is 0 Å². The number of aliphatic hydroxyl groups is 1. The molecule has 0 radical (unpaired) electrons. The van der Waals surface area contributed by atoms with Crippen molar-refractivity contribution >= 4 is 0 Å². The van der Waals surface area contributed by atoms with Crippen LogP contribution in [0.15, 0.2) is 0 Å². The van der Waals surface area contributed by atoms with Crippen LogP contribution in [-0.4, -0.2) is 49.3 Å². The van der Waals surface area contributed by atoms with Gasteiger partial charge >= 0.3 is 0 Å². The van der Waals surface area contributed by atoms with Crippen LogP contribution in [0.3, 0.4) is 0 Å². The first kappa shape index (κ1) is 21.7. The Morgan fingerprint density at radius 1 is 0.900 bits per heavy atom. The van der Waals surface area contributed by atoms with Crippen molar-refractivity contribution in [3.8, 4) is 0 Å². The fourth-order valence-corrected chi connectivity index (χ4v) is 11.2. The van der Waals surface area contributed by atoms with Gasteiger partial charge in [-0.15, -0.1) is 0 Å². The summed E-state index contributed by atoms with van der Waals surface area (Å²) in [7, 11) is 6.58. The highest BCUT2D eigenvalue weighted by atomic mass is 16.3. The fourth-order valence-electron chi connectivity index (χ4n) is 11.2. The number of nitrogens with one attached hydrogen (secondary N) is 1. The van der Waals surface area contributed by atoms with E-state index in [-0.39, 0.29) is 16.9 Å². The van der Waals surface area contributed by atoms with E-state index in [2.05, 4.69) is 66.0 Å². The van der Waals surface area contributed by atoms with Gasteiger partial charge in [0.25, 0.3) is 0 Å². The molecule has 5 aliphatic carbocycles. The zero-order valence-electron chi connectivity index (χ0n) is 21.0. The molecule has 172 valence electrons. The molecule has 0 heterocycles. The van der Waals surface area contributed by atoms with E-state index in [0.717, 1.165) is 18.3 Å². The van der Waals surface area contributed by atoms with Gasteiger partial charge in [0.1, 0.15) is 0 Å². The van der Waals surface area contributed by atoms with Gasteiger partial charge in [0, 0.05) is 18.0 Å². The first-order chi connectivity index (χ1) is 13.9. The van der Waals surface area contributed by atoms with Crippen LogP contribution in [0.2, 0.25) is 0 Å². The molecule has 0 aromatic carbocycles. The third-order valence-corrected chi connectivity index (χ3v) is 12.9. The van der Waals surface area contributed by atoms with Crippen LogP contribution in [0.1, 0.15) is 86.0 Å². The first-order valence-electron chi connectivity index (χ1n) is 12.9. The smallest absolute Gasteiger partial charge is 0.0594 e. The normalized spacial score (nSPS) is 57.2. The van der Waals surface area contributed by atoms with Crippen molar-refractivity contribution in [2.45, 2.75) is 104 Å². The Morgan fingerprint density at radius 3 is 2.17 bits per heavy atom. The second kappa shape index (κ2) is 6.26. The summed E-state index contributed by atoms with van der Waals surface area (Å²) < 4.78 is 0. The Hall–Kier alpha value is -0.120. The van der Waals surface area contributed by atoms with Gasteiger partial charge in [-0.05, 0) is 118 Å². The molecule has 2 spiro atoms. The van der Waals surface area contributed by atoms with Crippen LogP contribution in [0.5, 0.6) is 0 Å². The highest BCUT2D eigenvalue weighted by molar-refractivity contribution is 5.31. The lowest BCUT2D eigenvalue weighted by molar-refractivity contribution is -0.146. The summed E-state index contributed by atoms with van der Waals surface area (Å²) in [6.45, 7) is 12.7. The second-order valence-corrected chi connectivity index (χ2v) is 13.7. The Morgan fingerprint density at radius 2 is 1.53 bits per heavy atom. The molecule has 3 nitrogen and oxygen atoms in total. The largest absolute Gasteiger partial charge is 0.393 e. The van der Waals surface area contributed by atoms with E-state index in [1.807, 2.05) is 0 Å². The third-order valence-electron chi connectivity index (χ3n) is 12.9.